The van der Waals surface area contributed by atoms with Crippen LogP contribution in [-0.4, -0.2) is 29.0 Å². The van der Waals surface area contributed by atoms with Gasteiger partial charge in [-0.3, -0.25) is 10.00 Å². The van der Waals surface area contributed by atoms with Crippen LogP contribution >= 0.6 is 0 Å². The molecule has 1 fully saturated rings. The summed E-state index contributed by atoms with van der Waals surface area (Å²) >= 11 is 0. The second-order valence-corrected chi connectivity index (χ2v) is 6.83. The molecule has 1 saturated heterocycles. The van der Waals surface area contributed by atoms with Gasteiger partial charge >= 0.3 is 6.03 Å². The minimum absolute atomic E-state index is 0.00180. The first-order valence-electron chi connectivity index (χ1n) is 8.96. The van der Waals surface area contributed by atoms with Gasteiger partial charge in [0.2, 0.25) is 0 Å². The third-order valence-corrected chi connectivity index (χ3v) is 5.08. The number of amides is 2. The Morgan fingerprint density at radius 1 is 1.36 bits per heavy atom. The van der Waals surface area contributed by atoms with E-state index in [0.717, 1.165) is 55.7 Å². The fourth-order valence-corrected chi connectivity index (χ4v) is 3.73. The minimum Gasteiger partial charge on any atom is -0.469 e. The highest BCUT2D eigenvalue weighted by molar-refractivity contribution is 5.88. The van der Waals surface area contributed by atoms with Crippen LogP contribution < -0.4 is 10.6 Å². The van der Waals surface area contributed by atoms with E-state index in [1.807, 2.05) is 19.2 Å². The molecule has 1 aliphatic heterocycles. The first kappa shape index (κ1) is 16.2. The average molecular weight is 344 g/mol. The van der Waals surface area contributed by atoms with Crippen LogP contribution in [0.3, 0.4) is 0 Å². The third-order valence-electron chi connectivity index (χ3n) is 5.08. The monoisotopic (exact) mass is 344 g/mol. The van der Waals surface area contributed by atoms with Crippen molar-refractivity contribution in [1.29, 1.82) is 0 Å². The van der Waals surface area contributed by atoms with Crippen LogP contribution in [0.25, 0.3) is 0 Å². The van der Waals surface area contributed by atoms with Gasteiger partial charge in [-0.05, 0) is 31.7 Å². The zero-order valence-corrected chi connectivity index (χ0v) is 14.5. The zero-order valence-electron chi connectivity index (χ0n) is 14.5. The van der Waals surface area contributed by atoms with Gasteiger partial charge in [0, 0.05) is 37.6 Å². The predicted octanol–water partition coefficient (Wildman–Crippen LogP) is 3.11. The molecule has 2 amide bonds. The van der Waals surface area contributed by atoms with Gasteiger partial charge in [-0.15, -0.1) is 0 Å². The summed E-state index contributed by atoms with van der Waals surface area (Å²) in [6.45, 7) is 1.53. The van der Waals surface area contributed by atoms with Crippen molar-refractivity contribution in [3.63, 3.8) is 0 Å². The van der Waals surface area contributed by atoms with Crippen LogP contribution in [0, 0.1) is 0 Å². The van der Waals surface area contributed by atoms with Crippen LogP contribution in [0.5, 0.6) is 0 Å². The van der Waals surface area contributed by atoms with Gasteiger partial charge in [-0.1, -0.05) is 0 Å². The lowest BCUT2D eigenvalue weighted by molar-refractivity contribution is 0.0791. The summed E-state index contributed by atoms with van der Waals surface area (Å²) in [6.07, 6.45) is 6.71. The van der Waals surface area contributed by atoms with E-state index in [1.54, 1.807) is 10.9 Å². The Kier molecular flexibility index (Phi) is 4.48. The largest absolute Gasteiger partial charge is 0.469 e. The first-order valence-corrected chi connectivity index (χ1v) is 8.96. The molecule has 0 aromatic carbocycles. The quantitative estimate of drug-likeness (QED) is 0.896. The number of anilines is 1. The molecule has 134 valence electrons. The summed E-state index contributed by atoms with van der Waals surface area (Å²) in [6, 6.07) is 3.68. The molecule has 2 N–H and O–H groups in total. The number of nitrogens with zero attached hydrogens (tertiary/aromatic N) is 2. The molecule has 25 heavy (non-hydrogen) atoms. The molecule has 1 aliphatic carbocycles. The van der Waals surface area contributed by atoms with Gasteiger partial charge in [0.1, 0.15) is 11.6 Å². The molecule has 2 aromatic rings. The lowest BCUT2D eigenvalue weighted by Crippen LogP contribution is -2.34. The maximum atomic E-state index is 12.4. The number of aromatic nitrogens is 2. The summed E-state index contributed by atoms with van der Waals surface area (Å²) < 4.78 is 12.7. The van der Waals surface area contributed by atoms with Crippen LogP contribution in [0.1, 0.15) is 54.7 Å². The lowest BCUT2D eigenvalue weighted by Gasteiger charge is -2.22. The molecule has 0 saturated carbocycles. The summed E-state index contributed by atoms with van der Waals surface area (Å²) in [5.74, 6) is 1.99. The number of ether oxygens (including phenoxy) is 1. The third kappa shape index (κ3) is 3.42. The van der Waals surface area contributed by atoms with Crippen LogP contribution in [0.4, 0.5) is 10.6 Å². The maximum Gasteiger partial charge on any atom is 0.320 e. The number of urea groups is 1. The number of nitrogens with one attached hydrogen (secondary N) is 2. The second kappa shape index (κ2) is 6.92. The Labute approximate surface area is 146 Å². The van der Waals surface area contributed by atoms with Gasteiger partial charge in [-0.25, -0.2) is 4.79 Å². The van der Waals surface area contributed by atoms with Crippen molar-refractivity contribution in [1.82, 2.24) is 15.1 Å². The maximum absolute atomic E-state index is 12.4. The Bertz CT molecular complexity index is 745. The predicted molar refractivity (Wildman–Crippen MR) is 92.5 cm³/mol. The van der Waals surface area contributed by atoms with Crippen molar-refractivity contribution < 1.29 is 13.9 Å². The Hall–Kier alpha value is -2.28. The van der Waals surface area contributed by atoms with Crippen molar-refractivity contribution in [2.45, 2.75) is 44.1 Å². The molecule has 2 aromatic heterocycles. The number of hydrogen-bond donors (Lipinski definition) is 2. The van der Waals surface area contributed by atoms with E-state index in [9.17, 15) is 4.79 Å². The number of carbonyl (C=O) groups excluding carboxylic acids is 1. The highest BCUT2D eigenvalue weighted by atomic mass is 16.5. The van der Waals surface area contributed by atoms with Gasteiger partial charge in [0.25, 0.3) is 0 Å². The first-order chi connectivity index (χ1) is 12.2. The lowest BCUT2D eigenvalue weighted by atomic mass is 9.93. The SMILES string of the molecule is Cn1nc([C@@H]2CCCOC2)cc1NC(=O)N[C@H]1CCCc2occc21. The summed E-state index contributed by atoms with van der Waals surface area (Å²) in [5, 5.41) is 10.5. The summed E-state index contributed by atoms with van der Waals surface area (Å²) in [4.78, 5) is 12.4. The number of fused-ring (bicyclic) bond motifs is 1. The number of aryl methyl sites for hydroxylation is 2. The second-order valence-electron chi connectivity index (χ2n) is 6.83. The molecule has 0 unspecified atom stereocenters. The standard InChI is InChI=1S/C18H24N4O3/c1-22-17(10-15(21-22)12-4-3-8-24-11-12)20-18(23)19-14-5-2-6-16-13(14)7-9-25-16/h7,9-10,12,14H,2-6,8,11H2,1H3,(H2,19,20,23)/t12-,14+/m1/s1. The Morgan fingerprint density at radius 3 is 3.12 bits per heavy atom. The molecule has 0 spiro atoms. The van der Waals surface area contributed by atoms with Crippen molar-refractivity contribution in [3.05, 3.63) is 35.4 Å². The van der Waals surface area contributed by atoms with E-state index >= 15 is 0 Å². The molecule has 4 rings (SSSR count). The number of hydrogen-bond acceptors (Lipinski definition) is 4. The molecule has 2 aliphatic rings. The summed E-state index contributed by atoms with van der Waals surface area (Å²) in [7, 11) is 1.84. The topological polar surface area (TPSA) is 81.3 Å². The average Bonchev–Trinajstić information content (AvgIpc) is 3.23. The van der Waals surface area contributed by atoms with Crippen molar-refractivity contribution >= 4 is 11.8 Å². The van der Waals surface area contributed by atoms with Gasteiger partial charge in [0.15, 0.2) is 0 Å². The van der Waals surface area contributed by atoms with E-state index < -0.39 is 0 Å². The highest BCUT2D eigenvalue weighted by Gasteiger charge is 2.25. The van der Waals surface area contributed by atoms with E-state index in [1.165, 1.54) is 0 Å². The van der Waals surface area contributed by atoms with Gasteiger partial charge in [-0.2, -0.15) is 5.10 Å². The van der Waals surface area contributed by atoms with Crippen LogP contribution in [0.15, 0.2) is 22.8 Å². The van der Waals surface area contributed by atoms with E-state index in [-0.39, 0.29) is 12.1 Å². The fraction of sp³-hybridized carbons (Fsp3) is 0.556. The zero-order chi connectivity index (χ0) is 17.2. The van der Waals surface area contributed by atoms with Gasteiger partial charge < -0.3 is 14.5 Å². The smallest absolute Gasteiger partial charge is 0.320 e. The molecule has 3 heterocycles. The van der Waals surface area contributed by atoms with Crippen LogP contribution in [0.2, 0.25) is 0 Å². The molecular formula is C18H24N4O3. The molecule has 7 heteroatoms. The van der Waals surface area contributed by atoms with E-state index in [2.05, 4.69) is 15.7 Å². The molecule has 0 radical (unpaired) electrons. The minimum atomic E-state index is -0.214. The molecule has 0 bridgehead atoms. The van der Waals surface area contributed by atoms with Crippen molar-refractivity contribution in [2.24, 2.45) is 7.05 Å². The molecular weight excluding hydrogens is 320 g/mol. The van der Waals surface area contributed by atoms with Gasteiger partial charge in [0.05, 0.1) is 24.6 Å². The number of rotatable bonds is 3. The Balaban J connectivity index is 1.41. The number of carbonyl (C=O) groups is 1. The normalized spacial score (nSPS) is 23.1. The highest BCUT2D eigenvalue weighted by Crippen LogP contribution is 2.30. The van der Waals surface area contributed by atoms with Crippen molar-refractivity contribution in [3.8, 4) is 0 Å². The molecule has 7 nitrogen and oxygen atoms in total. The van der Waals surface area contributed by atoms with Crippen LogP contribution in [-0.2, 0) is 18.2 Å². The summed E-state index contributed by atoms with van der Waals surface area (Å²) in [5.41, 5.74) is 2.07. The van der Waals surface area contributed by atoms with E-state index in [0.29, 0.717) is 18.3 Å². The van der Waals surface area contributed by atoms with E-state index in [4.69, 9.17) is 9.15 Å². The fourth-order valence-electron chi connectivity index (χ4n) is 3.73. The molecule has 2 atom stereocenters. The number of furan rings is 1. The van der Waals surface area contributed by atoms with Crippen molar-refractivity contribution in [2.75, 3.05) is 18.5 Å². The Morgan fingerprint density at radius 2 is 2.28 bits per heavy atom.